The molecule has 2 unspecified atom stereocenters. The first-order chi connectivity index (χ1) is 15.1. The maximum absolute atomic E-state index is 12.9. The molecule has 2 aromatic carbocycles. The molecular weight excluding hydrogens is 388 g/mol. The van der Waals surface area contributed by atoms with E-state index in [1.54, 1.807) is 6.26 Å². The Balaban J connectivity index is 1.30. The van der Waals surface area contributed by atoms with Gasteiger partial charge in [0.1, 0.15) is 12.4 Å². The average Bonchev–Trinajstić information content (AvgIpc) is 3.22. The number of rotatable bonds is 4. The maximum atomic E-state index is 12.9. The molecule has 31 heavy (non-hydrogen) atoms. The van der Waals surface area contributed by atoms with Crippen LogP contribution < -0.4 is 20.7 Å². The Morgan fingerprint density at radius 1 is 1.16 bits per heavy atom. The average molecular weight is 417 g/mol. The lowest BCUT2D eigenvalue weighted by Gasteiger charge is -2.28. The van der Waals surface area contributed by atoms with Crippen molar-refractivity contribution in [2.24, 2.45) is 0 Å². The van der Waals surface area contributed by atoms with Gasteiger partial charge in [0.15, 0.2) is 0 Å². The normalized spacial score (nSPS) is 20.2. The molecule has 1 aliphatic carbocycles. The predicted molar refractivity (Wildman–Crippen MR) is 123 cm³/mol. The van der Waals surface area contributed by atoms with Crippen molar-refractivity contribution >= 4 is 35.0 Å². The van der Waals surface area contributed by atoms with Gasteiger partial charge in [0, 0.05) is 42.5 Å². The second kappa shape index (κ2) is 8.10. The van der Waals surface area contributed by atoms with Crippen LogP contribution in [0.4, 0.5) is 5.69 Å². The Hall–Kier alpha value is -3.28. The van der Waals surface area contributed by atoms with Crippen molar-refractivity contribution in [3.8, 4) is 0 Å². The number of anilines is 1. The molecule has 6 nitrogen and oxygen atoms in total. The Morgan fingerprint density at radius 2 is 2.06 bits per heavy atom. The SMILES string of the molecule is CN(C)c1ccc2nc(C3CCCC(NC(=O)c4ccc5c(c4)=CCOC=5)C3)[nH]c2c1. The first kappa shape index (κ1) is 19.7. The summed E-state index contributed by atoms with van der Waals surface area (Å²) in [4.78, 5) is 23.4. The minimum Gasteiger partial charge on any atom is -0.496 e. The van der Waals surface area contributed by atoms with Crippen LogP contribution in [0.2, 0.25) is 0 Å². The van der Waals surface area contributed by atoms with E-state index in [-0.39, 0.29) is 11.9 Å². The maximum Gasteiger partial charge on any atom is 0.251 e. The minimum absolute atomic E-state index is 0.00595. The number of aromatic amines is 1. The summed E-state index contributed by atoms with van der Waals surface area (Å²) in [6.07, 6.45) is 7.84. The molecule has 1 amide bonds. The molecular formula is C25H28N4O2. The van der Waals surface area contributed by atoms with Crippen LogP contribution in [-0.4, -0.2) is 42.6 Å². The standard InChI is InChI=1S/C25H28N4O2/c1-29(2)21-8-9-22-23(14-21)28-24(27-22)17-4-3-5-20(13-17)26-25(30)18-6-7-19-15-31-11-10-16(19)12-18/h6-10,12,14-15,17,20H,3-5,11,13H2,1-2H3,(H,26,30)(H,27,28). The summed E-state index contributed by atoms with van der Waals surface area (Å²) >= 11 is 0. The van der Waals surface area contributed by atoms with Gasteiger partial charge in [0.2, 0.25) is 0 Å². The van der Waals surface area contributed by atoms with E-state index < -0.39 is 0 Å². The quantitative estimate of drug-likeness (QED) is 0.686. The zero-order valence-corrected chi connectivity index (χ0v) is 18.0. The molecule has 1 aliphatic heterocycles. The molecule has 3 aromatic rings. The van der Waals surface area contributed by atoms with Gasteiger partial charge < -0.3 is 19.9 Å². The molecule has 5 rings (SSSR count). The number of aromatic nitrogens is 2. The Labute approximate surface area is 181 Å². The van der Waals surface area contributed by atoms with Gasteiger partial charge in [-0.1, -0.05) is 12.5 Å². The third-order valence-corrected chi connectivity index (χ3v) is 6.36. The molecule has 6 heteroatoms. The summed E-state index contributed by atoms with van der Waals surface area (Å²) in [6, 6.07) is 12.2. The molecule has 0 radical (unpaired) electrons. The number of fused-ring (bicyclic) bond motifs is 2. The summed E-state index contributed by atoms with van der Waals surface area (Å²) in [7, 11) is 4.08. The van der Waals surface area contributed by atoms with Gasteiger partial charge in [-0.05, 0) is 60.9 Å². The van der Waals surface area contributed by atoms with Crippen molar-refractivity contribution < 1.29 is 9.53 Å². The highest BCUT2D eigenvalue weighted by atomic mass is 16.5. The van der Waals surface area contributed by atoms with E-state index in [4.69, 9.17) is 9.72 Å². The predicted octanol–water partition coefficient (Wildman–Crippen LogP) is 2.63. The number of amides is 1. The molecule has 1 aromatic heterocycles. The number of nitrogens with zero attached hydrogens (tertiary/aromatic N) is 2. The largest absolute Gasteiger partial charge is 0.496 e. The second-order valence-corrected chi connectivity index (χ2v) is 8.75. The van der Waals surface area contributed by atoms with Gasteiger partial charge in [-0.3, -0.25) is 4.79 Å². The minimum atomic E-state index is -0.00595. The smallest absolute Gasteiger partial charge is 0.251 e. The summed E-state index contributed by atoms with van der Waals surface area (Å²) in [6.45, 7) is 0.552. The van der Waals surface area contributed by atoms with E-state index in [9.17, 15) is 4.79 Å². The lowest BCUT2D eigenvalue weighted by Crippen LogP contribution is -2.39. The Bertz CT molecular complexity index is 1240. The van der Waals surface area contributed by atoms with E-state index in [2.05, 4.69) is 33.4 Å². The van der Waals surface area contributed by atoms with Crippen molar-refractivity contribution in [2.75, 3.05) is 25.6 Å². The molecule has 0 spiro atoms. The molecule has 2 aliphatic rings. The zero-order valence-electron chi connectivity index (χ0n) is 18.0. The first-order valence-electron chi connectivity index (χ1n) is 11.0. The second-order valence-electron chi connectivity index (χ2n) is 8.75. The fraction of sp³-hybridized carbons (Fsp3) is 0.360. The summed E-state index contributed by atoms with van der Waals surface area (Å²) < 4.78 is 5.32. The zero-order chi connectivity index (χ0) is 21.4. The number of ether oxygens (including phenoxy) is 1. The molecule has 2 heterocycles. The highest BCUT2D eigenvalue weighted by molar-refractivity contribution is 5.94. The number of nitrogens with one attached hydrogen (secondary N) is 2. The van der Waals surface area contributed by atoms with Crippen molar-refractivity contribution in [2.45, 2.75) is 37.6 Å². The van der Waals surface area contributed by atoms with Gasteiger partial charge >= 0.3 is 0 Å². The lowest BCUT2D eigenvalue weighted by atomic mass is 9.85. The van der Waals surface area contributed by atoms with Crippen molar-refractivity contribution in [1.29, 1.82) is 0 Å². The van der Waals surface area contributed by atoms with Crippen LogP contribution in [0.3, 0.4) is 0 Å². The summed E-state index contributed by atoms with van der Waals surface area (Å²) in [5.74, 6) is 1.36. The summed E-state index contributed by atoms with van der Waals surface area (Å²) in [5.41, 5.74) is 3.92. The molecule has 0 bridgehead atoms. The molecule has 0 saturated heterocycles. The van der Waals surface area contributed by atoms with Gasteiger partial charge in [0.05, 0.1) is 17.3 Å². The number of H-pyrrole nitrogens is 1. The first-order valence-corrected chi connectivity index (χ1v) is 11.0. The van der Waals surface area contributed by atoms with Crippen molar-refractivity contribution in [1.82, 2.24) is 15.3 Å². The molecule has 1 saturated carbocycles. The Kier molecular flexibility index (Phi) is 5.14. The van der Waals surface area contributed by atoms with Gasteiger partial charge in [0.25, 0.3) is 5.91 Å². The topological polar surface area (TPSA) is 70.2 Å². The molecule has 2 N–H and O–H groups in total. The lowest BCUT2D eigenvalue weighted by molar-refractivity contribution is 0.0924. The van der Waals surface area contributed by atoms with Crippen LogP contribution in [0.15, 0.2) is 36.4 Å². The van der Waals surface area contributed by atoms with Crippen LogP contribution in [0.5, 0.6) is 0 Å². The van der Waals surface area contributed by atoms with Crippen LogP contribution >= 0.6 is 0 Å². The number of hydrogen-bond donors (Lipinski definition) is 2. The van der Waals surface area contributed by atoms with Crippen LogP contribution in [0.1, 0.15) is 47.8 Å². The van der Waals surface area contributed by atoms with Crippen LogP contribution in [0, 0.1) is 0 Å². The number of hydrogen-bond acceptors (Lipinski definition) is 4. The monoisotopic (exact) mass is 416 g/mol. The van der Waals surface area contributed by atoms with E-state index in [1.807, 2.05) is 38.4 Å². The molecule has 1 fully saturated rings. The third kappa shape index (κ3) is 4.02. The molecule has 160 valence electrons. The third-order valence-electron chi connectivity index (χ3n) is 6.36. The Morgan fingerprint density at radius 3 is 2.94 bits per heavy atom. The highest BCUT2D eigenvalue weighted by Gasteiger charge is 2.27. The van der Waals surface area contributed by atoms with Gasteiger partial charge in [-0.2, -0.15) is 0 Å². The van der Waals surface area contributed by atoms with Crippen molar-refractivity contribution in [3.05, 3.63) is 58.2 Å². The number of carbonyl (C=O) groups is 1. The van der Waals surface area contributed by atoms with Crippen LogP contribution in [0.25, 0.3) is 23.4 Å². The number of carbonyl (C=O) groups excluding carboxylic acids is 1. The van der Waals surface area contributed by atoms with Crippen molar-refractivity contribution in [3.63, 3.8) is 0 Å². The van der Waals surface area contributed by atoms with Gasteiger partial charge in [-0.15, -0.1) is 0 Å². The highest BCUT2D eigenvalue weighted by Crippen LogP contribution is 2.33. The van der Waals surface area contributed by atoms with E-state index in [0.717, 1.165) is 58.7 Å². The van der Waals surface area contributed by atoms with Crippen LogP contribution in [-0.2, 0) is 4.74 Å². The van der Waals surface area contributed by atoms with E-state index in [0.29, 0.717) is 18.1 Å². The fourth-order valence-corrected chi connectivity index (χ4v) is 4.60. The molecule has 2 atom stereocenters. The van der Waals surface area contributed by atoms with E-state index >= 15 is 0 Å². The van der Waals surface area contributed by atoms with Gasteiger partial charge in [-0.25, -0.2) is 4.98 Å². The van der Waals surface area contributed by atoms with E-state index in [1.165, 1.54) is 0 Å². The fourth-order valence-electron chi connectivity index (χ4n) is 4.60. The summed E-state index contributed by atoms with van der Waals surface area (Å²) in [5, 5.41) is 5.33. The number of imidazole rings is 1. The number of benzene rings is 2.